The fraction of sp³-hybridized carbons (Fsp3) is 0.0769. The van der Waals surface area contributed by atoms with Crippen LogP contribution in [0.25, 0.3) is 11.0 Å². The monoisotopic (exact) mass is 320 g/mol. The van der Waals surface area contributed by atoms with Gasteiger partial charge in [-0.2, -0.15) is 0 Å². The number of fused-ring (bicyclic) bond motifs is 1. The fourth-order valence-corrected chi connectivity index (χ4v) is 2.11. The minimum atomic E-state index is -0.361. The predicted molar refractivity (Wildman–Crippen MR) is 73.1 cm³/mol. The number of furan rings is 1. The fourth-order valence-electron chi connectivity index (χ4n) is 1.73. The maximum absolute atomic E-state index is 12.0. The van der Waals surface area contributed by atoms with Crippen molar-refractivity contribution in [3.8, 4) is 0 Å². The van der Waals surface area contributed by atoms with Crippen molar-refractivity contribution < 1.29 is 13.7 Å². The topological polar surface area (TPSA) is 68.3 Å². The molecule has 0 atom stereocenters. The van der Waals surface area contributed by atoms with E-state index in [0.29, 0.717) is 17.2 Å². The van der Waals surface area contributed by atoms with Crippen LogP contribution < -0.4 is 5.32 Å². The number of hydrogen-bond acceptors (Lipinski definition) is 4. The van der Waals surface area contributed by atoms with E-state index in [1.165, 1.54) is 0 Å². The van der Waals surface area contributed by atoms with Crippen LogP contribution in [0.5, 0.6) is 0 Å². The Bertz CT molecular complexity index is 760. The molecule has 0 aliphatic rings. The second kappa shape index (κ2) is 4.55. The SMILES string of the molecule is Cc1cc(NC(=O)c2cc3cc(Br)ccc3o2)no1. The van der Waals surface area contributed by atoms with Gasteiger partial charge in [-0.25, -0.2) is 0 Å². The molecule has 0 saturated heterocycles. The number of hydrogen-bond donors (Lipinski definition) is 1. The van der Waals surface area contributed by atoms with Gasteiger partial charge >= 0.3 is 0 Å². The van der Waals surface area contributed by atoms with Gasteiger partial charge in [0.15, 0.2) is 11.6 Å². The van der Waals surface area contributed by atoms with E-state index in [-0.39, 0.29) is 11.7 Å². The van der Waals surface area contributed by atoms with Crippen LogP contribution in [-0.2, 0) is 0 Å². The number of nitrogens with one attached hydrogen (secondary N) is 1. The van der Waals surface area contributed by atoms with Gasteiger partial charge in [-0.15, -0.1) is 0 Å². The third kappa shape index (κ3) is 2.39. The van der Waals surface area contributed by atoms with Crippen LogP contribution in [0.1, 0.15) is 16.3 Å². The van der Waals surface area contributed by atoms with Gasteiger partial charge in [0, 0.05) is 15.9 Å². The molecule has 0 unspecified atom stereocenters. The summed E-state index contributed by atoms with van der Waals surface area (Å²) in [6.07, 6.45) is 0. The molecule has 6 heteroatoms. The molecule has 0 aliphatic carbocycles. The second-order valence-corrected chi connectivity index (χ2v) is 4.99. The number of amides is 1. The summed E-state index contributed by atoms with van der Waals surface area (Å²) in [6, 6.07) is 8.86. The molecule has 1 N–H and O–H groups in total. The van der Waals surface area contributed by atoms with Gasteiger partial charge < -0.3 is 14.3 Å². The molecule has 2 heterocycles. The molecule has 3 aromatic rings. The maximum atomic E-state index is 12.0. The van der Waals surface area contributed by atoms with Crippen molar-refractivity contribution in [2.24, 2.45) is 0 Å². The van der Waals surface area contributed by atoms with Crippen LogP contribution in [0.2, 0.25) is 0 Å². The van der Waals surface area contributed by atoms with Crippen molar-refractivity contribution in [2.45, 2.75) is 6.92 Å². The summed E-state index contributed by atoms with van der Waals surface area (Å²) in [5.74, 6) is 0.863. The predicted octanol–water partition coefficient (Wildman–Crippen LogP) is 3.74. The van der Waals surface area contributed by atoms with E-state index in [2.05, 4.69) is 26.4 Å². The number of nitrogens with zero attached hydrogens (tertiary/aromatic N) is 1. The van der Waals surface area contributed by atoms with Gasteiger partial charge in [-0.1, -0.05) is 21.1 Å². The molecule has 19 heavy (non-hydrogen) atoms. The van der Waals surface area contributed by atoms with E-state index in [4.69, 9.17) is 8.94 Å². The van der Waals surface area contributed by atoms with Gasteiger partial charge in [0.25, 0.3) is 5.91 Å². The highest BCUT2D eigenvalue weighted by Crippen LogP contribution is 2.23. The van der Waals surface area contributed by atoms with E-state index in [1.807, 2.05) is 12.1 Å². The molecule has 5 nitrogen and oxygen atoms in total. The first-order valence-corrected chi connectivity index (χ1v) is 6.35. The number of aryl methyl sites for hydroxylation is 1. The summed E-state index contributed by atoms with van der Waals surface area (Å²) in [5, 5.41) is 7.16. The molecule has 96 valence electrons. The van der Waals surface area contributed by atoms with Crippen molar-refractivity contribution in [1.82, 2.24) is 5.16 Å². The molecule has 0 aliphatic heterocycles. The molecule has 1 aromatic carbocycles. The Kier molecular flexibility index (Phi) is 2.87. The number of halogens is 1. The summed E-state index contributed by atoms with van der Waals surface area (Å²) in [7, 11) is 0. The zero-order valence-corrected chi connectivity index (χ0v) is 11.5. The van der Waals surface area contributed by atoms with Crippen molar-refractivity contribution in [2.75, 3.05) is 5.32 Å². The molecule has 0 radical (unpaired) electrons. The Morgan fingerprint density at radius 2 is 2.16 bits per heavy atom. The number of aromatic nitrogens is 1. The molecule has 1 amide bonds. The van der Waals surface area contributed by atoms with E-state index < -0.39 is 0 Å². The van der Waals surface area contributed by atoms with Crippen LogP contribution in [0.4, 0.5) is 5.82 Å². The van der Waals surface area contributed by atoms with E-state index >= 15 is 0 Å². The minimum Gasteiger partial charge on any atom is -0.451 e. The maximum Gasteiger partial charge on any atom is 0.292 e. The molecule has 0 fully saturated rings. The number of carbonyl (C=O) groups is 1. The van der Waals surface area contributed by atoms with Crippen LogP contribution in [0.15, 0.2) is 43.7 Å². The summed E-state index contributed by atoms with van der Waals surface area (Å²) < 4.78 is 11.3. The van der Waals surface area contributed by atoms with Crippen molar-refractivity contribution in [3.63, 3.8) is 0 Å². The Balaban J connectivity index is 1.89. The smallest absolute Gasteiger partial charge is 0.292 e. The lowest BCUT2D eigenvalue weighted by Gasteiger charge is -1.95. The number of anilines is 1. The van der Waals surface area contributed by atoms with E-state index in [1.54, 1.807) is 25.1 Å². The first kappa shape index (κ1) is 12.0. The Hall–Kier alpha value is -2.08. The molecule has 3 rings (SSSR count). The molecule has 0 saturated carbocycles. The quantitative estimate of drug-likeness (QED) is 0.780. The summed E-state index contributed by atoms with van der Waals surface area (Å²) in [4.78, 5) is 12.0. The largest absolute Gasteiger partial charge is 0.451 e. The highest BCUT2D eigenvalue weighted by atomic mass is 79.9. The number of rotatable bonds is 2. The van der Waals surface area contributed by atoms with Crippen LogP contribution in [-0.4, -0.2) is 11.1 Å². The third-order valence-corrected chi connectivity index (χ3v) is 3.06. The Morgan fingerprint density at radius 1 is 1.32 bits per heavy atom. The van der Waals surface area contributed by atoms with E-state index in [9.17, 15) is 4.79 Å². The molecule has 2 aromatic heterocycles. The molecule has 0 spiro atoms. The molecular weight excluding hydrogens is 312 g/mol. The van der Waals surface area contributed by atoms with E-state index in [0.717, 1.165) is 9.86 Å². The van der Waals surface area contributed by atoms with Crippen molar-refractivity contribution >= 4 is 38.6 Å². The van der Waals surface area contributed by atoms with Crippen molar-refractivity contribution in [3.05, 3.63) is 46.3 Å². The lowest BCUT2D eigenvalue weighted by molar-refractivity contribution is 0.0998. The van der Waals surface area contributed by atoms with Crippen LogP contribution in [0, 0.1) is 6.92 Å². The van der Waals surface area contributed by atoms with Crippen LogP contribution in [0.3, 0.4) is 0 Å². The highest BCUT2D eigenvalue weighted by molar-refractivity contribution is 9.10. The van der Waals surface area contributed by atoms with Gasteiger partial charge in [0.05, 0.1) is 0 Å². The highest BCUT2D eigenvalue weighted by Gasteiger charge is 2.14. The van der Waals surface area contributed by atoms with Crippen LogP contribution >= 0.6 is 15.9 Å². The molecular formula is C13H9BrN2O3. The Labute approximate surface area is 116 Å². The minimum absolute atomic E-state index is 0.230. The number of benzene rings is 1. The lowest BCUT2D eigenvalue weighted by atomic mass is 10.2. The summed E-state index contributed by atoms with van der Waals surface area (Å²) in [5.41, 5.74) is 0.657. The average Bonchev–Trinajstić information content (AvgIpc) is 2.95. The lowest BCUT2D eigenvalue weighted by Crippen LogP contribution is -2.10. The molecule has 0 bridgehead atoms. The summed E-state index contributed by atoms with van der Waals surface area (Å²) >= 11 is 3.37. The first-order chi connectivity index (χ1) is 9.11. The summed E-state index contributed by atoms with van der Waals surface area (Å²) in [6.45, 7) is 1.75. The van der Waals surface area contributed by atoms with Gasteiger partial charge in [0.2, 0.25) is 0 Å². The third-order valence-electron chi connectivity index (χ3n) is 2.57. The van der Waals surface area contributed by atoms with Gasteiger partial charge in [-0.3, -0.25) is 4.79 Å². The zero-order valence-electron chi connectivity index (χ0n) is 9.94. The second-order valence-electron chi connectivity index (χ2n) is 4.07. The standard InChI is InChI=1S/C13H9BrN2O3/c1-7-4-12(16-19-7)15-13(17)11-6-8-5-9(14)2-3-10(8)18-11/h2-6H,1H3,(H,15,16,17). The first-order valence-electron chi connectivity index (χ1n) is 5.55. The van der Waals surface area contributed by atoms with Gasteiger partial charge in [0.1, 0.15) is 11.3 Å². The van der Waals surface area contributed by atoms with Crippen molar-refractivity contribution in [1.29, 1.82) is 0 Å². The zero-order chi connectivity index (χ0) is 13.4. The Morgan fingerprint density at radius 3 is 2.89 bits per heavy atom. The normalized spacial score (nSPS) is 10.8. The average molecular weight is 321 g/mol. The van der Waals surface area contributed by atoms with Gasteiger partial charge in [-0.05, 0) is 31.2 Å². The number of carbonyl (C=O) groups excluding carboxylic acids is 1.